The smallest absolute Gasteiger partial charge is 0.341 e. The number of amides is 1. The van der Waals surface area contributed by atoms with Crippen LogP contribution in [0.3, 0.4) is 0 Å². The molecular formula is C24H18N2O5. The van der Waals surface area contributed by atoms with Crippen LogP contribution < -0.4 is 9.47 Å². The minimum atomic E-state index is -1.23. The number of carbonyl (C=O) groups excluding carboxylic acids is 1. The van der Waals surface area contributed by atoms with Crippen molar-refractivity contribution >= 4 is 39.1 Å². The summed E-state index contributed by atoms with van der Waals surface area (Å²) in [6, 6.07) is 19.7. The monoisotopic (exact) mass is 414 g/mol. The average Bonchev–Trinajstić information content (AvgIpc) is 2.80. The number of methoxy groups -OCH3 is 2. The fraction of sp³-hybridized carbons (Fsp3) is 0.0833. The number of hydrogen-bond acceptors (Lipinski definition) is 5. The Labute approximate surface area is 177 Å². The second-order valence-corrected chi connectivity index (χ2v) is 6.73. The Balaban J connectivity index is 1.85. The van der Waals surface area contributed by atoms with E-state index >= 15 is 0 Å². The van der Waals surface area contributed by atoms with Gasteiger partial charge in [0.2, 0.25) is 0 Å². The van der Waals surface area contributed by atoms with Crippen LogP contribution in [0, 0.1) is 0 Å². The van der Waals surface area contributed by atoms with E-state index in [-0.39, 0.29) is 22.6 Å². The molecule has 1 amide bonds. The summed E-state index contributed by atoms with van der Waals surface area (Å²) in [7, 11) is 2.85. The van der Waals surface area contributed by atoms with Crippen molar-refractivity contribution in [2.45, 2.75) is 0 Å². The SMILES string of the molecule is COc1cc2ccccc2cc1C(=O)N=Nc1c(C(=O)O)c(OC)cc2ccccc12. The van der Waals surface area contributed by atoms with E-state index in [0.29, 0.717) is 16.5 Å². The van der Waals surface area contributed by atoms with Crippen LogP contribution in [-0.4, -0.2) is 31.2 Å². The Hall–Kier alpha value is -4.26. The molecule has 0 bridgehead atoms. The van der Waals surface area contributed by atoms with E-state index in [1.54, 1.807) is 36.4 Å². The van der Waals surface area contributed by atoms with Gasteiger partial charge in [0.15, 0.2) is 0 Å². The van der Waals surface area contributed by atoms with Gasteiger partial charge in [-0.25, -0.2) is 4.79 Å². The molecule has 0 atom stereocenters. The van der Waals surface area contributed by atoms with Crippen LogP contribution in [0.25, 0.3) is 21.5 Å². The third-order valence-corrected chi connectivity index (χ3v) is 4.96. The summed E-state index contributed by atoms with van der Waals surface area (Å²) in [6.45, 7) is 0. The van der Waals surface area contributed by atoms with Gasteiger partial charge in [0.1, 0.15) is 22.7 Å². The summed E-state index contributed by atoms with van der Waals surface area (Å²) < 4.78 is 10.6. The Morgan fingerprint density at radius 3 is 2.03 bits per heavy atom. The fourth-order valence-electron chi connectivity index (χ4n) is 3.48. The molecule has 0 spiro atoms. The predicted molar refractivity (Wildman–Crippen MR) is 117 cm³/mol. The van der Waals surface area contributed by atoms with E-state index < -0.39 is 11.9 Å². The molecular weight excluding hydrogens is 396 g/mol. The molecule has 0 saturated heterocycles. The zero-order valence-electron chi connectivity index (χ0n) is 16.8. The molecule has 7 nitrogen and oxygen atoms in total. The molecule has 0 saturated carbocycles. The molecule has 1 N–H and O–H groups in total. The summed E-state index contributed by atoms with van der Waals surface area (Å²) in [5, 5.41) is 20.6. The molecule has 0 aromatic heterocycles. The van der Waals surface area contributed by atoms with Gasteiger partial charge in [-0.1, -0.05) is 48.5 Å². The Bertz CT molecular complexity index is 1360. The van der Waals surface area contributed by atoms with E-state index in [2.05, 4.69) is 10.2 Å². The zero-order valence-corrected chi connectivity index (χ0v) is 16.8. The number of hydrogen-bond donors (Lipinski definition) is 1. The van der Waals surface area contributed by atoms with Gasteiger partial charge in [0, 0.05) is 5.39 Å². The molecule has 7 heteroatoms. The third kappa shape index (κ3) is 3.69. The first-order chi connectivity index (χ1) is 15.0. The van der Waals surface area contributed by atoms with Gasteiger partial charge >= 0.3 is 5.97 Å². The van der Waals surface area contributed by atoms with Crippen LogP contribution in [0.5, 0.6) is 11.5 Å². The summed E-state index contributed by atoms with van der Waals surface area (Å²) in [5.74, 6) is -1.38. The van der Waals surface area contributed by atoms with Crippen molar-refractivity contribution in [2.24, 2.45) is 10.2 Å². The van der Waals surface area contributed by atoms with Crippen molar-refractivity contribution in [3.63, 3.8) is 0 Å². The number of benzene rings is 4. The number of ether oxygens (including phenoxy) is 2. The summed E-state index contributed by atoms with van der Waals surface area (Å²) >= 11 is 0. The molecule has 154 valence electrons. The van der Waals surface area contributed by atoms with Crippen LogP contribution in [-0.2, 0) is 0 Å². The van der Waals surface area contributed by atoms with E-state index in [9.17, 15) is 14.7 Å². The molecule has 0 aliphatic carbocycles. The van der Waals surface area contributed by atoms with Crippen molar-refractivity contribution in [3.8, 4) is 11.5 Å². The van der Waals surface area contributed by atoms with Gasteiger partial charge < -0.3 is 14.6 Å². The van der Waals surface area contributed by atoms with Crippen molar-refractivity contribution in [1.82, 2.24) is 0 Å². The van der Waals surface area contributed by atoms with Gasteiger partial charge in [-0.15, -0.1) is 10.2 Å². The first-order valence-corrected chi connectivity index (χ1v) is 9.39. The molecule has 0 aliphatic heterocycles. The lowest BCUT2D eigenvalue weighted by Gasteiger charge is -2.11. The van der Waals surface area contributed by atoms with Crippen molar-refractivity contribution < 1.29 is 24.2 Å². The van der Waals surface area contributed by atoms with Gasteiger partial charge in [-0.2, -0.15) is 0 Å². The highest BCUT2D eigenvalue weighted by molar-refractivity contribution is 6.08. The molecule has 0 aliphatic rings. The van der Waals surface area contributed by atoms with Gasteiger partial charge in [0.25, 0.3) is 5.91 Å². The highest BCUT2D eigenvalue weighted by Crippen LogP contribution is 2.38. The summed E-state index contributed by atoms with van der Waals surface area (Å²) in [6.07, 6.45) is 0. The highest BCUT2D eigenvalue weighted by atomic mass is 16.5. The van der Waals surface area contributed by atoms with E-state index in [0.717, 1.165) is 10.8 Å². The van der Waals surface area contributed by atoms with Crippen LogP contribution in [0.1, 0.15) is 20.7 Å². The minimum absolute atomic E-state index is 0.0514. The van der Waals surface area contributed by atoms with Crippen LogP contribution in [0.4, 0.5) is 5.69 Å². The number of carboxylic acid groups (broad SMARTS) is 1. The molecule has 31 heavy (non-hydrogen) atoms. The third-order valence-electron chi connectivity index (χ3n) is 4.96. The van der Waals surface area contributed by atoms with Gasteiger partial charge in [0.05, 0.1) is 19.8 Å². The van der Waals surface area contributed by atoms with Gasteiger partial charge in [-0.3, -0.25) is 4.79 Å². The summed E-state index contributed by atoms with van der Waals surface area (Å²) in [5.41, 5.74) is 0.118. The fourth-order valence-corrected chi connectivity index (χ4v) is 3.48. The molecule has 0 fully saturated rings. The summed E-state index contributed by atoms with van der Waals surface area (Å²) in [4.78, 5) is 24.8. The maximum atomic E-state index is 12.9. The van der Waals surface area contributed by atoms with Crippen LogP contribution >= 0.6 is 0 Å². The van der Waals surface area contributed by atoms with E-state index in [4.69, 9.17) is 9.47 Å². The number of carbonyl (C=O) groups is 2. The minimum Gasteiger partial charge on any atom is -0.496 e. The number of nitrogens with zero attached hydrogens (tertiary/aromatic N) is 2. The second-order valence-electron chi connectivity index (χ2n) is 6.73. The first kappa shape index (κ1) is 20.0. The Morgan fingerprint density at radius 2 is 1.39 bits per heavy atom. The number of fused-ring (bicyclic) bond motifs is 2. The lowest BCUT2D eigenvalue weighted by Crippen LogP contribution is -2.02. The lowest BCUT2D eigenvalue weighted by atomic mass is 10.0. The quantitative estimate of drug-likeness (QED) is 0.427. The van der Waals surface area contributed by atoms with Crippen molar-refractivity contribution in [2.75, 3.05) is 14.2 Å². The van der Waals surface area contributed by atoms with Crippen molar-refractivity contribution in [3.05, 3.63) is 77.9 Å². The van der Waals surface area contributed by atoms with E-state index in [1.807, 2.05) is 30.3 Å². The maximum Gasteiger partial charge on any atom is 0.341 e. The molecule has 4 aromatic carbocycles. The second kappa shape index (κ2) is 8.23. The van der Waals surface area contributed by atoms with Crippen LogP contribution in [0.2, 0.25) is 0 Å². The molecule has 0 heterocycles. The zero-order chi connectivity index (χ0) is 22.0. The largest absolute Gasteiger partial charge is 0.496 e. The number of carboxylic acids is 1. The molecule has 4 rings (SSSR count). The van der Waals surface area contributed by atoms with Crippen LogP contribution in [0.15, 0.2) is 77.0 Å². The average molecular weight is 414 g/mol. The maximum absolute atomic E-state index is 12.9. The standard InChI is InChI=1S/C24H18N2O5/c1-30-19-12-15-8-4-3-7-14(15)11-18(19)23(27)26-25-22-17-10-6-5-9-16(17)13-20(31-2)21(22)24(28)29/h3-13H,1-2H3,(H,28,29). The topological polar surface area (TPSA) is 97.6 Å². The number of aromatic carboxylic acids is 1. The number of rotatable bonds is 5. The van der Waals surface area contributed by atoms with E-state index in [1.165, 1.54) is 14.2 Å². The van der Waals surface area contributed by atoms with Crippen molar-refractivity contribution in [1.29, 1.82) is 0 Å². The molecule has 0 radical (unpaired) electrons. The molecule has 0 unspecified atom stereocenters. The normalized spacial score (nSPS) is 11.2. The lowest BCUT2D eigenvalue weighted by molar-refractivity contribution is 0.0694. The highest BCUT2D eigenvalue weighted by Gasteiger charge is 2.21. The van der Waals surface area contributed by atoms with Gasteiger partial charge in [-0.05, 0) is 34.4 Å². The number of azo groups is 1. The first-order valence-electron chi connectivity index (χ1n) is 9.39. The Morgan fingerprint density at radius 1 is 0.806 bits per heavy atom. The Kier molecular flexibility index (Phi) is 5.32. The molecule has 4 aromatic rings. The predicted octanol–water partition coefficient (Wildman–Crippen LogP) is 5.63.